The van der Waals surface area contributed by atoms with E-state index in [9.17, 15) is 9.90 Å². The lowest BCUT2D eigenvalue weighted by Crippen LogP contribution is -2.38. The molecular weight excluding hydrogens is 338 g/mol. The van der Waals surface area contributed by atoms with Crippen LogP contribution in [0, 0.1) is 0 Å². The summed E-state index contributed by atoms with van der Waals surface area (Å²) in [5.41, 5.74) is 1.94. The lowest BCUT2D eigenvalue weighted by molar-refractivity contribution is 0.0630. The van der Waals surface area contributed by atoms with Crippen LogP contribution in [0.25, 0.3) is 0 Å². The molecule has 6 heteroatoms. The van der Waals surface area contributed by atoms with Gasteiger partial charge in [-0.3, -0.25) is 9.69 Å². The molecule has 0 amide bonds. The van der Waals surface area contributed by atoms with Crippen LogP contribution in [0.5, 0.6) is 11.5 Å². The number of rotatable bonds is 7. The lowest BCUT2D eigenvalue weighted by atomic mass is 10.1. The van der Waals surface area contributed by atoms with Crippen LogP contribution in [0.15, 0.2) is 29.6 Å². The second-order valence-electron chi connectivity index (χ2n) is 6.24. The summed E-state index contributed by atoms with van der Waals surface area (Å²) in [5, 5.41) is 12.4. The highest BCUT2D eigenvalue weighted by atomic mass is 32.1. The Morgan fingerprint density at radius 2 is 2.20 bits per heavy atom. The number of β-amino-alcohol motifs (C(OH)–C–C–N with tert-alkyl or cyclic N) is 1. The Bertz CT molecular complexity index is 743. The summed E-state index contributed by atoms with van der Waals surface area (Å²) in [6, 6.07) is 7.24. The number of hydrogen-bond donors (Lipinski definition) is 1. The molecule has 3 rings (SSSR count). The van der Waals surface area contributed by atoms with Crippen molar-refractivity contribution in [2.75, 3.05) is 26.8 Å². The summed E-state index contributed by atoms with van der Waals surface area (Å²) in [7, 11) is 1.54. The van der Waals surface area contributed by atoms with E-state index in [1.807, 2.05) is 11.3 Å². The van der Waals surface area contributed by atoms with E-state index in [1.54, 1.807) is 18.2 Å². The molecule has 1 aliphatic heterocycles. The molecule has 0 spiro atoms. The van der Waals surface area contributed by atoms with Gasteiger partial charge < -0.3 is 14.6 Å². The van der Waals surface area contributed by atoms with Gasteiger partial charge >= 0.3 is 0 Å². The van der Waals surface area contributed by atoms with Crippen molar-refractivity contribution < 1.29 is 19.4 Å². The second-order valence-corrected chi connectivity index (χ2v) is 7.24. The van der Waals surface area contributed by atoms with E-state index >= 15 is 0 Å². The van der Waals surface area contributed by atoms with E-state index in [4.69, 9.17) is 9.47 Å². The molecule has 0 bridgehead atoms. The summed E-state index contributed by atoms with van der Waals surface area (Å²) in [4.78, 5) is 15.1. The van der Waals surface area contributed by atoms with Gasteiger partial charge in [-0.05, 0) is 48.6 Å². The Balaban J connectivity index is 1.54. The number of fused-ring (bicyclic) bond motifs is 1. The lowest BCUT2D eigenvalue weighted by Gasteiger charge is -2.28. The number of aliphatic hydroxyl groups excluding tert-OH is 1. The molecule has 134 valence electrons. The molecule has 0 saturated heterocycles. The van der Waals surface area contributed by atoms with Gasteiger partial charge in [0.2, 0.25) is 0 Å². The molecule has 0 saturated carbocycles. The van der Waals surface area contributed by atoms with E-state index in [2.05, 4.69) is 16.3 Å². The standard InChI is InChI=1S/C19H23NO4S/c1-13(21)14-3-4-17(18(9-14)23-2)24-12-16(22)11-20-7-5-19-15(10-20)6-8-25-19/h3-4,6,8-9,16,22H,5,7,10-12H2,1-2H3/t16-/m0/s1. The van der Waals surface area contributed by atoms with E-state index in [-0.39, 0.29) is 12.4 Å². The second kappa shape index (κ2) is 7.99. The third kappa shape index (κ3) is 4.39. The molecule has 0 unspecified atom stereocenters. The van der Waals surface area contributed by atoms with E-state index in [0.717, 1.165) is 19.5 Å². The Hall–Kier alpha value is -1.89. The zero-order valence-electron chi connectivity index (χ0n) is 14.5. The average molecular weight is 361 g/mol. The number of carbonyl (C=O) groups excluding carboxylic acids is 1. The quantitative estimate of drug-likeness (QED) is 0.769. The molecule has 0 radical (unpaired) electrons. The maximum Gasteiger partial charge on any atom is 0.161 e. The fourth-order valence-corrected chi connectivity index (χ4v) is 3.89. The number of Topliss-reactive ketones (excluding diaryl/α,β-unsaturated/α-hetero) is 1. The topological polar surface area (TPSA) is 59.0 Å². The van der Waals surface area contributed by atoms with Gasteiger partial charge in [0.25, 0.3) is 0 Å². The number of methoxy groups -OCH3 is 1. The van der Waals surface area contributed by atoms with Gasteiger partial charge in [-0.15, -0.1) is 11.3 Å². The summed E-state index contributed by atoms with van der Waals surface area (Å²) in [5.74, 6) is 1.01. The highest BCUT2D eigenvalue weighted by molar-refractivity contribution is 7.10. The molecule has 5 nitrogen and oxygen atoms in total. The average Bonchev–Trinajstić information content (AvgIpc) is 3.07. The number of thiophene rings is 1. The largest absolute Gasteiger partial charge is 0.493 e. The molecular formula is C19H23NO4S. The van der Waals surface area contributed by atoms with Gasteiger partial charge in [0.1, 0.15) is 12.7 Å². The predicted octanol–water partition coefficient (Wildman–Crippen LogP) is 2.76. The maximum absolute atomic E-state index is 11.4. The molecule has 0 aliphatic carbocycles. The van der Waals surface area contributed by atoms with Crippen LogP contribution >= 0.6 is 11.3 Å². The minimum Gasteiger partial charge on any atom is -0.493 e. The summed E-state index contributed by atoms with van der Waals surface area (Å²) in [6.45, 7) is 4.11. The van der Waals surface area contributed by atoms with E-state index < -0.39 is 6.10 Å². The summed E-state index contributed by atoms with van der Waals surface area (Å²) < 4.78 is 11.0. The molecule has 0 fully saturated rings. The zero-order chi connectivity index (χ0) is 17.8. The Morgan fingerprint density at radius 3 is 2.96 bits per heavy atom. The third-order valence-electron chi connectivity index (χ3n) is 4.36. The van der Waals surface area contributed by atoms with Crippen molar-refractivity contribution in [1.29, 1.82) is 0 Å². The Kier molecular flexibility index (Phi) is 5.73. The van der Waals surface area contributed by atoms with Crippen molar-refractivity contribution in [2.24, 2.45) is 0 Å². The van der Waals surface area contributed by atoms with Gasteiger partial charge in [0.05, 0.1) is 7.11 Å². The SMILES string of the molecule is COc1cc(C(C)=O)ccc1OC[C@@H](O)CN1CCc2sccc2C1. The number of hydrogen-bond acceptors (Lipinski definition) is 6. The van der Waals surface area contributed by atoms with Crippen LogP contribution in [0.4, 0.5) is 0 Å². The fourth-order valence-electron chi connectivity index (χ4n) is 3.01. The minimum atomic E-state index is -0.586. The molecule has 1 aliphatic rings. The van der Waals surface area contributed by atoms with Gasteiger partial charge in [0.15, 0.2) is 17.3 Å². The van der Waals surface area contributed by atoms with Crippen molar-refractivity contribution in [1.82, 2.24) is 4.90 Å². The van der Waals surface area contributed by atoms with E-state index in [0.29, 0.717) is 23.6 Å². The Labute approximate surface area is 151 Å². The van der Waals surface area contributed by atoms with Crippen molar-refractivity contribution in [3.63, 3.8) is 0 Å². The first-order chi connectivity index (χ1) is 12.1. The highest BCUT2D eigenvalue weighted by Gasteiger charge is 2.20. The van der Waals surface area contributed by atoms with Crippen LogP contribution in [0.3, 0.4) is 0 Å². The first kappa shape index (κ1) is 17.9. The number of ketones is 1. The van der Waals surface area contributed by atoms with Crippen LogP contribution in [0.1, 0.15) is 27.7 Å². The molecule has 25 heavy (non-hydrogen) atoms. The van der Waals surface area contributed by atoms with Crippen LogP contribution in [-0.4, -0.2) is 48.7 Å². The summed E-state index contributed by atoms with van der Waals surface area (Å²) in [6.07, 6.45) is 0.457. The van der Waals surface area contributed by atoms with Gasteiger partial charge in [0, 0.05) is 30.1 Å². The van der Waals surface area contributed by atoms with Crippen molar-refractivity contribution in [2.45, 2.75) is 26.0 Å². The molecule has 1 N–H and O–H groups in total. The van der Waals surface area contributed by atoms with Crippen molar-refractivity contribution in [3.8, 4) is 11.5 Å². The van der Waals surface area contributed by atoms with Crippen molar-refractivity contribution >= 4 is 17.1 Å². The number of aliphatic hydroxyl groups is 1. The van der Waals surface area contributed by atoms with Crippen molar-refractivity contribution in [3.05, 3.63) is 45.6 Å². The maximum atomic E-state index is 11.4. The normalized spacial score (nSPS) is 15.5. The number of benzene rings is 1. The van der Waals surface area contributed by atoms with Gasteiger partial charge in [-0.25, -0.2) is 0 Å². The van der Waals surface area contributed by atoms with Crippen LogP contribution in [0.2, 0.25) is 0 Å². The van der Waals surface area contributed by atoms with E-state index in [1.165, 1.54) is 24.5 Å². The third-order valence-corrected chi connectivity index (χ3v) is 5.38. The molecule has 1 aromatic heterocycles. The zero-order valence-corrected chi connectivity index (χ0v) is 15.3. The molecule has 1 atom stereocenters. The number of nitrogens with zero attached hydrogens (tertiary/aromatic N) is 1. The van der Waals surface area contributed by atoms with Crippen LogP contribution < -0.4 is 9.47 Å². The summed E-state index contributed by atoms with van der Waals surface area (Å²) >= 11 is 1.81. The monoisotopic (exact) mass is 361 g/mol. The predicted molar refractivity (Wildman–Crippen MR) is 97.8 cm³/mol. The van der Waals surface area contributed by atoms with Crippen LogP contribution in [-0.2, 0) is 13.0 Å². The highest BCUT2D eigenvalue weighted by Crippen LogP contribution is 2.28. The number of carbonyl (C=O) groups is 1. The smallest absolute Gasteiger partial charge is 0.161 e. The fraction of sp³-hybridized carbons (Fsp3) is 0.421. The molecule has 2 heterocycles. The minimum absolute atomic E-state index is 0.0252. The first-order valence-electron chi connectivity index (χ1n) is 8.34. The molecule has 1 aromatic carbocycles. The first-order valence-corrected chi connectivity index (χ1v) is 9.22. The Morgan fingerprint density at radius 1 is 1.36 bits per heavy atom. The molecule has 2 aromatic rings. The number of ether oxygens (including phenoxy) is 2. The van der Waals surface area contributed by atoms with Gasteiger partial charge in [-0.1, -0.05) is 0 Å². The van der Waals surface area contributed by atoms with Gasteiger partial charge in [-0.2, -0.15) is 0 Å².